The first kappa shape index (κ1) is 23.4. The minimum Gasteiger partial charge on any atom is -0.491 e. The zero-order chi connectivity index (χ0) is 24.5. The Morgan fingerprint density at radius 1 is 1.00 bits per heavy atom. The topological polar surface area (TPSA) is 42.3 Å². The van der Waals surface area contributed by atoms with E-state index in [1.54, 1.807) is 0 Å². The Hall–Kier alpha value is -3.35. The third-order valence-electron chi connectivity index (χ3n) is 6.09. The van der Waals surface area contributed by atoms with Gasteiger partial charge in [-0.1, -0.05) is 17.7 Å². The van der Waals surface area contributed by atoms with Gasteiger partial charge in [0, 0.05) is 34.5 Å². The minimum absolute atomic E-state index is 0.114. The second kappa shape index (κ2) is 9.72. The molecule has 1 aliphatic heterocycles. The summed E-state index contributed by atoms with van der Waals surface area (Å²) in [5, 5.41) is 4.94. The summed E-state index contributed by atoms with van der Waals surface area (Å²) in [6, 6.07) is 24.1. The van der Waals surface area contributed by atoms with Gasteiger partial charge in [-0.2, -0.15) is 0 Å². The maximum absolute atomic E-state index is 6.32. The van der Waals surface area contributed by atoms with E-state index in [9.17, 15) is 0 Å². The van der Waals surface area contributed by atoms with E-state index < -0.39 is 0 Å². The Morgan fingerprint density at radius 3 is 2.46 bits per heavy atom. The van der Waals surface area contributed by atoms with E-state index in [-0.39, 0.29) is 18.2 Å². The highest BCUT2D eigenvalue weighted by atomic mass is 35.5. The number of anilines is 1. The highest BCUT2D eigenvalue weighted by Crippen LogP contribution is 2.42. The number of thiocarbonyl (C=S) groups is 1. The summed E-state index contributed by atoms with van der Waals surface area (Å²) >= 11 is 12.2. The fraction of sp³-hybridized carbons (Fsp3) is 0.214. The molecular formula is C28H27ClN4OS. The number of benzene rings is 2. The van der Waals surface area contributed by atoms with Crippen LogP contribution in [0, 0.1) is 6.92 Å². The Kier molecular flexibility index (Phi) is 6.50. The van der Waals surface area contributed by atoms with E-state index in [1.165, 1.54) is 0 Å². The van der Waals surface area contributed by atoms with E-state index in [4.69, 9.17) is 28.6 Å². The van der Waals surface area contributed by atoms with Crippen LogP contribution in [-0.4, -0.2) is 20.8 Å². The Bertz CT molecular complexity index is 1340. The van der Waals surface area contributed by atoms with Crippen molar-refractivity contribution in [2.45, 2.75) is 39.0 Å². The molecule has 0 spiro atoms. The van der Waals surface area contributed by atoms with Crippen LogP contribution in [0.25, 0.3) is 5.69 Å². The molecule has 35 heavy (non-hydrogen) atoms. The smallest absolute Gasteiger partial charge is 0.174 e. The van der Waals surface area contributed by atoms with Crippen LogP contribution >= 0.6 is 23.8 Å². The molecule has 0 saturated carbocycles. The lowest BCUT2D eigenvalue weighted by Crippen LogP contribution is -2.30. The molecule has 0 radical (unpaired) electrons. The molecule has 0 bridgehead atoms. The van der Waals surface area contributed by atoms with Crippen LogP contribution < -0.4 is 15.0 Å². The van der Waals surface area contributed by atoms with Gasteiger partial charge in [0.25, 0.3) is 0 Å². The van der Waals surface area contributed by atoms with E-state index in [0.29, 0.717) is 5.11 Å². The van der Waals surface area contributed by atoms with Crippen molar-refractivity contribution in [2.75, 3.05) is 4.90 Å². The Balaban J connectivity index is 1.61. The standard InChI is InChI=1S/C28H27ClN4OS/c1-18(2)34-22-12-9-20(10-13-22)33-27(26(31-28(33)35)24-7-4-5-15-30-24)25-8-6-16-32(25)21-11-14-23(29)19(3)17-21/h4-18,26-27H,1-3H3,(H,31,35)/t26-,27+/m0/s1. The molecule has 0 amide bonds. The maximum atomic E-state index is 6.32. The van der Waals surface area contributed by atoms with Crippen LogP contribution in [0.3, 0.4) is 0 Å². The number of ether oxygens (including phenoxy) is 1. The van der Waals surface area contributed by atoms with Crippen molar-refractivity contribution in [3.05, 3.63) is 107 Å². The summed E-state index contributed by atoms with van der Waals surface area (Å²) in [6.07, 6.45) is 4.01. The molecule has 5 nitrogen and oxygen atoms in total. The van der Waals surface area contributed by atoms with Crippen molar-refractivity contribution in [3.8, 4) is 11.4 Å². The molecule has 1 aliphatic rings. The highest BCUT2D eigenvalue weighted by molar-refractivity contribution is 7.80. The van der Waals surface area contributed by atoms with Crippen LogP contribution in [0.15, 0.2) is 85.2 Å². The molecule has 0 aliphatic carbocycles. The molecule has 1 N–H and O–H groups in total. The van der Waals surface area contributed by atoms with Crippen LogP contribution in [0.1, 0.15) is 42.9 Å². The SMILES string of the molecule is Cc1cc(-n2cccc2[C@@H]2[C@H](c3ccccn3)NC(=S)N2c2ccc(OC(C)C)cc2)ccc1Cl. The zero-order valence-electron chi connectivity index (χ0n) is 19.9. The summed E-state index contributed by atoms with van der Waals surface area (Å²) < 4.78 is 8.05. The lowest BCUT2D eigenvalue weighted by atomic mass is 10.0. The Morgan fingerprint density at radius 2 is 1.77 bits per heavy atom. The number of pyridine rings is 1. The van der Waals surface area contributed by atoms with Gasteiger partial charge in [-0.25, -0.2) is 0 Å². The molecule has 0 unspecified atom stereocenters. The summed E-state index contributed by atoms with van der Waals surface area (Å²) in [5.41, 5.74) is 5.09. The van der Waals surface area contributed by atoms with Gasteiger partial charge in [-0.15, -0.1) is 0 Å². The quantitative estimate of drug-likeness (QED) is 0.294. The molecular weight excluding hydrogens is 476 g/mol. The first-order valence-electron chi connectivity index (χ1n) is 11.6. The summed E-state index contributed by atoms with van der Waals surface area (Å²) in [6.45, 7) is 6.06. The highest BCUT2D eigenvalue weighted by Gasteiger charge is 2.42. The molecule has 4 aromatic rings. The molecule has 7 heteroatoms. The number of hydrogen-bond acceptors (Lipinski definition) is 3. The fourth-order valence-corrected chi connectivity index (χ4v) is 5.00. The molecule has 178 valence electrons. The van der Waals surface area contributed by atoms with E-state index in [0.717, 1.165) is 39.1 Å². The normalized spacial score (nSPS) is 17.6. The second-order valence-electron chi connectivity index (χ2n) is 8.89. The van der Waals surface area contributed by atoms with Crippen molar-refractivity contribution in [3.63, 3.8) is 0 Å². The van der Waals surface area contributed by atoms with Gasteiger partial charge in [-0.05, 0) is 105 Å². The molecule has 2 aromatic heterocycles. The third-order valence-corrected chi connectivity index (χ3v) is 6.83. The number of nitrogens with one attached hydrogen (secondary N) is 1. The van der Waals surface area contributed by atoms with Crippen molar-refractivity contribution in [1.29, 1.82) is 0 Å². The zero-order valence-corrected chi connectivity index (χ0v) is 21.4. The molecule has 3 heterocycles. The number of rotatable bonds is 6. The van der Waals surface area contributed by atoms with Crippen molar-refractivity contribution in [1.82, 2.24) is 14.9 Å². The van der Waals surface area contributed by atoms with Gasteiger partial charge in [-0.3, -0.25) is 4.98 Å². The van der Waals surface area contributed by atoms with Gasteiger partial charge >= 0.3 is 0 Å². The summed E-state index contributed by atoms with van der Waals surface area (Å²) in [7, 11) is 0. The molecule has 2 aromatic carbocycles. The van der Waals surface area contributed by atoms with Crippen molar-refractivity contribution >= 4 is 34.6 Å². The number of aromatic nitrogens is 2. The number of halogens is 1. The second-order valence-corrected chi connectivity index (χ2v) is 9.69. The summed E-state index contributed by atoms with van der Waals surface area (Å²) in [5.74, 6) is 0.833. The first-order valence-corrected chi connectivity index (χ1v) is 12.4. The Labute approximate surface area is 216 Å². The van der Waals surface area contributed by atoms with Crippen LogP contribution in [-0.2, 0) is 0 Å². The molecule has 5 rings (SSSR count). The van der Waals surface area contributed by atoms with Crippen molar-refractivity contribution < 1.29 is 4.74 Å². The third kappa shape index (κ3) is 4.64. The molecule has 2 atom stereocenters. The number of aryl methyl sites for hydroxylation is 1. The predicted molar refractivity (Wildman–Crippen MR) is 146 cm³/mol. The minimum atomic E-state index is -0.127. The van der Waals surface area contributed by atoms with Crippen LogP contribution in [0.4, 0.5) is 5.69 Å². The van der Waals surface area contributed by atoms with E-state index >= 15 is 0 Å². The lowest BCUT2D eigenvalue weighted by molar-refractivity contribution is 0.242. The summed E-state index contributed by atoms with van der Waals surface area (Å²) in [4.78, 5) is 6.83. The monoisotopic (exact) mass is 502 g/mol. The van der Waals surface area contributed by atoms with Gasteiger partial charge < -0.3 is 19.5 Å². The predicted octanol–water partition coefficient (Wildman–Crippen LogP) is 6.80. The number of hydrogen-bond donors (Lipinski definition) is 1. The van der Waals surface area contributed by atoms with Gasteiger partial charge in [0.1, 0.15) is 11.8 Å². The van der Waals surface area contributed by atoms with Gasteiger partial charge in [0.2, 0.25) is 0 Å². The molecule has 1 fully saturated rings. The average molecular weight is 503 g/mol. The van der Waals surface area contributed by atoms with Gasteiger partial charge in [0.05, 0.1) is 17.8 Å². The first-order chi connectivity index (χ1) is 16.9. The lowest BCUT2D eigenvalue weighted by Gasteiger charge is -2.29. The maximum Gasteiger partial charge on any atom is 0.174 e. The molecule has 1 saturated heterocycles. The van der Waals surface area contributed by atoms with Crippen LogP contribution in [0.2, 0.25) is 5.02 Å². The van der Waals surface area contributed by atoms with E-state index in [1.807, 2.05) is 69.4 Å². The fourth-order valence-electron chi connectivity index (χ4n) is 4.54. The van der Waals surface area contributed by atoms with Crippen LogP contribution in [0.5, 0.6) is 5.75 Å². The largest absolute Gasteiger partial charge is 0.491 e. The average Bonchev–Trinajstić information content (AvgIpc) is 3.46. The van der Waals surface area contributed by atoms with Gasteiger partial charge in [0.15, 0.2) is 5.11 Å². The van der Waals surface area contributed by atoms with Crippen molar-refractivity contribution in [2.24, 2.45) is 0 Å². The van der Waals surface area contributed by atoms with E-state index in [2.05, 4.69) is 56.3 Å². The number of nitrogens with zero attached hydrogens (tertiary/aromatic N) is 3.